The van der Waals surface area contributed by atoms with Crippen molar-refractivity contribution in [3.05, 3.63) is 35.9 Å². The summed E-state index contributed by atoms with van der Waals surface area (Å²) in [6.45, 7) is 0. The molecular weight excluding hydrogens is 254 g/mol. The minimum absolute atomic E-state index is 0.0732. The topological polar surface area (TPSA) is 66.4 Å². The average Bonchev–Trinajstić information content (AvgIpc) is 2.46. The summed E-state index contributed by atoms with van der Waals surface area (Å²) in [6.07, 6.45) is 7.99. The minimum atomic E-state index is -0.985. The van der Waals surface area contributed by atoms with E-state index in [2.05, 4.69) is 5.32 Å². The Morgan fingerprint density at radius 3 is 2.65 bits per heavy atom. The monoisotopic (exact) mass is 273 g/mol. The Morgan fingerprint density at radius 1 is 1.20 bits per heavy atom. The van der Waals surface area contributed by atoms with Gasteiger partial charge in [0.2, 0.25) is 5.91 Å². The first kappa shape index (κ1) is 14.3. The maximum Gasteiger partial charge on any atom is 0.328 e. The molecule has 1 aliphatic rings. The van der Waals surface area contributed by atoms with Crippen LogP contribution in [0.15, 0.2) is 30.3 Å². The van der Waals surface area contributed by atoms with Gasteiger partial charge in [0.05, 0.1) is 0 Å². The van der Waals surface area contributed by atoms with Crippen molar-refractivity contribution in [2.24, 2.45) is 5.92 Å². The van der Waals surface area contributed by atoms with E-state index in [1.165, 1.54) is 12.5 Å². The summed E-state index contributed by atoms with van der Waals surface area (Å²) >= 11 is 0. The lowest BCUT2D eigenvalue weighted by atomic mass is 9.88. The Morgan fingerprint density at radius 2 is 1.95 bits per heavy atom. The van der Waals surface area contributed by atoms with Gasteiger partial charge in [0.1, 0.15) is 0 Å². The molecule has 0 bridgehead atoms. The number of carbonyl (C=O) groups is 2. The van der Waals surface area contributed by atoms with Gasteiger partial charge in [-0.3, -0.25) is 4.79 Å². The fourth-order valence-electron chi connectivity index (χ4n) is 2.50. The average molecular weight is 273 g/mol. The molecule has 0 saturated heterocycles. The molecule has 2 rings (SSSR count). The van der Waals surface area contributed by atoms with Gasteiger partial charge in [-0.15, -0.1) is 0 Å². The first-order chi connectivity index (χ1) is 9.65. The maximum atomic E-state index is 12.1. The van der Waals surface area contributed by atoms with Gasteiger partial charge in [0, 0.05) is 17.7 Å². The van der Waals surface area contributed by atoms with Crippen molar-refractivity contribution in [3.8, 4) is 0 Å². The number of carboxylic acid groups (broad SMARTS) is 1. The molecule has 0 radical (unpaired) electrons. The molecule has 0 heterocycles. The lowest BCUT2D eigenvalue weighted by Crippen LogP contribution is -2.24. The number of benzene rings is 1. The molecule has 1 aromatic rings. The zero-order valence-electron chi connectivity index (χ0n) is 11.3. The largest absolute Gasteiger partial charge is 0.478 e. The van der Waals surface area contributed by atoms with E-state index in [1.54, 1.807) is 18.2 Å². The normalized spacial score (nSPS) is 16.2. The molecule has 4 nitrogen and oxygen atoms in total. The van der Waals surface area contributed by atoms with E-state index in [9.17, 15) is 9.59 Å². The highest BCUT2D eigenvalue weighted by Crippen LogP contribution is 2.25. The summed E-state index contributed by atoms with van der Waals surface area (Å²) in [5.41, 5.74) is 1.47. The quantitative estimate of drug-likeness (QED) is 0.827. The second-order valence-electron chi connectivity index (χ2n) is 5.12. The molecule has 2 N–H and O–H groups in total. The number of anilines is 1. The molecule has 0 unspecified atom stereocenters. The summed E-state index contributed by atoms with van der Waals surface area (Å²) < 4.78 is 0. The second-order valence-corrected chi connectivity index (χ2v) is 5.12. The summed E-state index contributed by atoms with van der Waals surface area (Å²) in [5.74, 6) is -0.798. The number of carbonyl (C=O) groups excluding carboxylic acids is 1. The molecule has 20 heavy (non-hydrogen) atoms. The fraction of sp³-hybridized carbons (Fsp3) is 0.375. The van der Waals surface area contributed by atoms with Crippen molar-refractivity contribution in [1.29, 1.82) is 0 Å². The highest BCUT2D eigenvalue weighted by molar-refractivity contribution is 5.93. The molecule has 1 fully saturated rings. The first-order valence-electron chi connectivity index (χ1n) is 6.97. The molecule has 1 aromatic carbocycles. The third-order valence-corrected chi connectivity index (χ3v) is 3.55. The number of rotatable bonds is 4. The van der Waals surface area contributed by atoms with Crippen LogP contribution in [0.4, 0.5) is 5.69 Å². The predicted molar refractivity (Wildman–Crippen MR) is 78.3 cm³/mol. The van der Waals surface area contributed by atoms with Crippen LogP contribution in [-0.4, -0.2) is 17.0 Å². The van der Waals surface area contributed by atoms with E-state index in [4.69, 9.17) is 5.11 Å². The molecule has 0 spiro atoms. The summed E-state index contributed by atoms with van der Waals surface area (Å²) in [7, 11) is 0. The maximum absolute atomic E-state index is 12.1. The van der Waals surface area contributed by atoms with Gasteiger partial charge in [-0.1, -0.05) is 31.4 Å². The van der Waals surface area contributed by atoms with E-state index in [1.807, 2.05) is 6.07 Å². The minimum Gasteiger partial charge on any atom is -0.478 e. The number of aliphatic carboxylic acids is 1. The number of hydrogen-bond acceptors (Lipinski definition) is 2. The number of carboxylic acids is 1. The fourth-order valence-corrected chi connectivity index (χ4v) is 2.50. The van der Waals surface area contributed by atoms with Gasteiger partial charge in [0.15, 0.2) is 0 Å². The van der Waals surface area contributed by atoms with E-state index < -0.39 is 5.97 Å². The molecule has 1 aliphatic carbocycles. The molecular formula is C16H19NO3. The van der Waals surface area contributed by atoms with Crippen molar-refractivity contribution in [2.45, 2.75) is 32.1 Å². The molecule has 106 valence electrons. The summed E-state index contributed by atoms with van der Waals surface area (Å²) in [5, 5.41) is 11.5. The number of nitrogens with one attached hydrogen (secondary N) is 1. The zero-order valence-corrected chi connectivity index (χ0v) is 11.3. The van der Waals surface area contributed by atoms with E-state index in [0.717, 1.165) is 37.3 Å². The van der Waals surface area contributed by atoms with Gasteiger partial charge in [0.25, 0.3) is 0 Å². The number of amides is 1. The smallest absolute Gasteiger partial charge is 0.328 e. The summed E-state index contributed by atoms with van der Waals surface area (Å²) in [4.78, 5) is 22.6. The Bertz CT molecular complexity index is 516. The second kappa shape index (κ2) is 6.89. The van der Waals surface area contributed by atoms with Gasteiger partial charge in [-0.25, -0.2) is 4.79 Å². The summed E-state index contributed by atoms with van der Waals surface area (Å²) in [6, 6.07) is 7.20. The third-order valence-electron chi connectivity index (χ3n) is 3.55. The lowest BCUT2D eigenvalue weighted by molar-refractivity contribution is -0.131. The highest BCUT2D eigenvalue weighted by Gasteiger charge is 2.20. The Labute approximate surface area is 118 Å². The Balaban J connectivity index is 2.00. The molecule has 4 heteroatoms. The van der Waals surface area contributed by atoms with Crippen LogP contribution in [0.1, 0.15) is 37.7 Å². The van der Waals surface area contributed by atoms with Crippen LogP contribution in [0.3, 0.4) is 0 Å². The standard InChI is InChI=1S/C16H19NO3/c18-15(19)10-9-12-5-4-8-14(11-12)17-16(20)13-6-2-1-3-7-13/h4-5,8-11,13H,1-3,6-7H2,(H,17,20)(H,18,19)/b10-9+. The van der Waals surface area contributed by atoms with Crippen molar-refractivity contribution < 1.29 is 14.7 Å². The van der Waals surface area contributed by atoms with Crippen LogP contribution in [0.25, 0.3) is 6.08 Å². The third kappa shape index (κ3) is 4.23. The van der Waals surface area contributed by atoms with E-state index >= 15 is 0 Å². The first-order valence-corrected chi connectivity index (χ1v) is 6.97. The van der Waals surface area contributed by atoms with Crippen molar-refractivity contribution in [1.82, 2.24) is 0 Å². The van der Waals surface area contributed by atoms with E-state index in [0.29, 0.717) is 5.69 Å². The van der Waals surface area contributed by atoms with Gasteiger partial charge in [-0.2, -0.15) is 0 Å². The van der Waals surface area contributed by atoms with Crippen molar-refractivity contribution in [3.63, 3.8) is 0 Å². The van der Waals surface area contributed by atoms with Crippen LogP contribution in [0.2, 0.25) is 0 Å². The molecule has 1 amide bonds. The van der Waals surface area contributed by atoms with Crippen LogP contribution in [0.5, 0.6) is 0 Å². The SMILES string of the molecule is O=C(O)/C=C/c1cccc(NC(=O)C2CCCCC2)c1. The number of hydrogen-bond donors (Lipinski definition) is 2. The van der Waals surface area contributed by atoms with Crippen molar-refractivity contribution >= 4 is 23.6 Å². The molecule has 1 saturated carbocycles. The van der Waals surface area contributed by atoms with Crippen LogP contribution >= 0.6 is 0 Å². The molecule has 0 aromatic heterocycles. The van der Waals surface area contributed by atoms with Gasteiger partial charge >= 0.3 is 5.97 Å². The van der Waals surface area contributed by atoms with Gasteiger partial charge < -0.3 is 10.4 Å². The van der Waals surface area contributed by atoms with Crippen LogP contribution in [0, 0.1) is 5.92 Å². The van der Waals surface area contributed by atoms with Crippen molar-refractivity contribution in [2.75, 3.05) is 5.32 Å². The van der Waals surface area contributed by atoms with E-state index in [-0.39, 0.29) is 11.8 Å². The Hall–Kier alpha value is -2.10. The zero-order chi connectivity index (χ0) is 14.4. The highest BCUT2D eigenvalue weighted by atomic mass is 16.4. The lowest BCUT2D eigenvalue weighted by Gasteiger charge is -2.20. The molecule has 0 aliphatic heterocycles. The molecule has 0 atom stereocenters. The predicted octanol–water partition coefficient (Wildman–Crippen LogP) is 3.30. The Kier molecular flexibility index (Phi) is 4.93. The van der Waals surface area contributed by atoms with Crippen LogP contribution < -0.4 is 5.32 Å². The van der Waals surface area contributed by atoms with Gasteiger partial charge in [-0.05, 0) is 36.6 Å². The van der Waals surface area contributed by atoms with Crippen LogP contribution in [-0.2, 0) is 9.59 Å².